The first-order chi connectivity index (χ1) is 8.47. The fourth-order valence-electron chi connectivity index (χ4n) is 0. The maximum absolute atomic E-state index is 7.50. The average molecular weight is 450 g/mol. The first kappa shape index (κ1) is 43.0. The Kier molecular flexibility index (Phi) is 269. The quantitative estimate of drug-likeness (QED) is 0.346. The largest absolute Gasteiger partial charge is 0 e. The van der Waals surface area contributed by atoms with E-state index in [1.807, 2.05) is 13.3 Å². The van der Waals surface area contributed by atoms with Crippen LogP contribution in [0.4, 0.5) is 0 Å². The van der Waals surface area contributed by atoms with E-state index in [0.717, 1.165) is 0 Å². The zero-order valence-corrected chi connectivity index (χ0v) is 16.4. The van der Waals surface area contributed by atoms with E-state index in [-0.39, 0.29) is 29.9 Å². The van der Waals surface area contributed by atoms with E-state index in [9.17, 15) is 0 Å². The summed E-state index contributed by atoms with van der Waals surface area (Å²) in [6.45, 7) is 24.0. The standard InChI is InChI=1S/C4H7.C3H9Si.2C2H3N.2CO.W/c1-3-4-2;1-4(2)3;2*1-2-3;2*1-2;/h3-4H,1H2,2H3;1-3H3;2*1H3;;;. The molecule has 0 aliphatic rings. The molecule has 19 heavy (non-hydrogen) atoms. The normalized spacial score (nSPS) is 4.26. The number of hydrogen-bond acceptors (Lipinski definition) is 2. The van der Waals surface area contributed by atoms with Crippen LogP contribution in [0.5, 0.6) is 0 Å². The summed E-state index contributed by atoms with van der Waals surface area (Å²) >= 11 is 0. The third-order valence-corrected chi connectivity index (χ3v) is 0.236. The zero-order valence-electron chi connectivity index (χ0n) is 12.5. The summed E-state index contributed by atoms with van der Waals surface area (Å²) in [5, 5.41) is 14.6. The van der Waals surface area contributed by atoms with Crippen molar-refractivity contribution in [2.45, 2.75) is 40.4 Å². The van der Waals surface area contributed by atoms with Gasteiger partial charge in [-0.25, -0.2) is 0 Å². The molecule has 0 unspecified atom stereocenters. The number of hydrogen-bond donors (Lipinski definition) is 0. The van der Waals surface area contributed by atoms with Crippen molar-refractivity contribution in [3.63, 3.8) is 0 Å². The molecule has 0 saturated heterocycles. The van der Waals surface area contributed by atoms with Gasteiger partial charge in [-0.05, 0) is 6.42 Å². The second kappa shape index (κ2) is 119. The Hall–Kier alpha value is -0.895. The van der Waals surface area contributed by atoms with Crippen LogP contribution >= 0.6 is 0 Å². The monoisotopic (exact) mass is 450 g/mol. The molecule has 0 rings (SSSR count). The molecule has 4 nitrogen and oxygen atoms in total. The van der Waals surface area contributed by atoms with Crippen LogP contribution in [0.1, 0.15) is 20.8 Å². The number of nitrogens with zero attached hydrogens (tertiary/aromatic N) is 2. The Labute approximate surface area is 134 Å². The Morgan fingerprint density at radius 3 is 1.05 bits per heavy atom. The first-order valence-electron chi connectivity index (χ1n) is 4.67. The topological polar surface area (TPSA) is 87.4 Å². The molecule has 0 aromatic rings. The van der Waals surface area contributed by atoms with Gasteiger partial charge in [-0.15, -0.1) is 6.58 Å². The van der Waals surface area contributed by atoms with Gasteiger partial charge >= 0.3 is 22.6 Å². The van der Waals surface area contributed by atoms with Gasteiger partial charge in [0.15, 0.2) is 0 Å². The van der Waals surface area contributed by atoms with E-state index in [4.69, 9.17) is 19.8 Å². The van der Waals surface area contributed by atoms with Gasteiger partial charge in [0.2, 0.25) is 0 Å². The summed E-state index contributed by atoms with van der Waals surface area (Å²) in [6, 6.07) is 3.50. The van der Waals surface area contributed by atoms with Gasteiger partial charge in [0.1, 0.15) is 0 Å². The van der Waals surface area contributed by atoms with Crippen LogP contribution in [0, 0.1) is 42.4 Å². The number of allylic oxidation sites excluding steroid dienone is 1. The summed E-state index contributed by atoms with van der Waals surface area (Å²) in [5.74, 6) is 0. The number of nitriles is 2. The second-order valence-electron chi connectivity index (χ2n) is 2.52. The minimum absolute atomic E-state index is 0. The van der Waals surface area contributed by atoms with Gasteiger partial charge in [-0.2, -0.15) is 10.5 Å². The Morgan fingerprint density at radius 1 is 1.00 bits per heavy atom. The minimum Gasteiger partial charge on any atom is 0 e. The summed E-state index contributed by atoms with van der Waals surface area (Å²) in [7, 11) is 0.120. The van der Waals surface area contributed by atoms with Crippen molar-refractivity contribution in [2.24, 2.45) is 0 Å². The van der Waals surface area contributed by atoms with Crippen LogP contribution in [0.15, 0.2) is 12.7 Å². The summed E-state index contributed by atoms with van der Waals surface area (Å²) in [4.78, 5) is 0. The second-order valence-corrected chi connectivity index (χ2v) is 5.52. The third-order valence-electron chi connectivity index (χ3n) is 0.236. The van der Waals surface area contributed by atoms with E-state index in [0.29, 0.717) is 0 Å². The van der Waals surface area contributed by atoms with Gasteiger partial charge in [0.05, 0.1) is 12.1 Å². The van der Waals surface area contributed by atoms with Crippen LogP contribution < -0.4 is 0 Å². The molecule has 0 aliphatic carbocycles. The zero-order chi connectivity index (χ0) is 16.4. The predicted octanol–water partition coefficient (Wildman–Crippen LogP) is 3.75. The van der Waals surface area contributed by atoms with Crippen LogP contribution in [-0.2, 0) is 30.4 Å². The van der Waals surface area contributed by atoms with Gasteiger partial charge in [0.25, 0.3) is 0 Å². The van der Waals surface area contributed by atoms with Crippen molar-refractivity contribution in [3.05, 3.63) is 32.4 Å². The molecule has 0 aromatic heterocycles. The molecule has 0 amide bonds. The maximum atomic E-state index is 7.50. The van der Waals surface area contributed by atoms with Crippen molar-refractivity contribution >= 4 is 8.80 Å². The molecule has 0 spiro atoms. The van der Waals surface area contributed by atoms with Gasteiger partial charge < -0.3 is 0 Å². The molecular formula is C13H22N2O2SiW. The maximum Gasteiger partial charge on any atom is 0 e. The predicted molar refractivity (Wildman–Crippen MR) is 74.0 cm³/mol. The number of rotatable bonds is 1. The fourth-order valence-corrected chi connectivity index (χ4v) is 0. The summed E-state index contributed by atoms with van der Waals surface area (Å²) < 4.78 is 15.0. The van der Waals surface area contributed by atoms with Crippen molar-refractivity contribution < 1.29 is 30.4 Å². The van der Waals surface area contributed by atoms with Crippen molar-refractivity contribution in [2.75, 3.05) is 0 Å². The molecule has 6 heteroatoms. The SMILES string of the molecule is C=C[CH]C.CC#N.CC#N.C[Si](C)C.[C-]#[O+].[C-]#[O+].[W]. The molecular weight excluding hydrogens is 428 g/mol. The molecule has 0 N–H and O–H groups in total. The third kappa shape index (κ3) is 353000. The molecule has 0 aromatic carbocycles. The van der Waals surface area contributed by atoms with Gasteiger partial charge in [-0.3, -0.25) is 0 Å². The van der Waals surface area contributed by atoms with Gasteiger partial charge in [-0.1, -0.05) is 32.6 Å². The average Bonchev–Trinajstić information content (AvgIpc) is 2.35. The van der Waals surface area contributed by atoms with E-state index >= 15 is 0 Å². The minimum atomic E-state index is 0. The van der Waals surface area contributed by atoms with E-state index in [1.54, 1.807) is 18.2 Å². The molecule has 0 aliphatic heterocycles. The molecule has 0 fully saturated rings. The molecule has 0 atom stereocenters. The Morgan fingerprint density at radius 2 is 1.05 bits per heavy atom. The van der Waals surface area contributed by atoms with Crippen LogP contribution in [0.3, 0.4) is 0 Å². The van der Waals surface area contributed by atoms with Crippen LogP contribution in [-0.4, -0.2) is 8.80 Å². The molecule has 0 saturated carbocycles. The van der Waals surface area contributed by atoms with E-state index in [2.05, 4.69) is 39.5 Å². The summed E-state index contributed by atoms with van der Waals surface area (Å²) in [5.41, 5.74) is 0. The van der Waals surface area contributed by atoms with E-state index < -0.39 is 0 Å². The Balaban J connectivity index is -0.0000000184. The molecule has 0 heterocycles. The van der Waals surface area contributed by atoms with Crippen molar-refractivity contribution in [1.29, 1.82) is 10.5 Å². The molecule has 2 radical (unpaired) electrons. The molecule has 0 bridgehead atoms. The smallest absolute Gasteiger partial charge is 0 e. The van der Waals surface area contributed by atoms with Crippen molar-refractivity contribution in [3.8, 4) is 12.1 Å². The van der Waals surface area contributed by atoms with E-state index in [1.165, 1.54) is 13.8 Å². The molecule has 106 valence electrons. The van der Waals surface area contributed by atoms with Crippen molar-refractivity contribution in [1.82, 2.24) is 0 Å². The summed E-state index contributed by atoms with van der Waals surface area (Å²) in [6.07, 6.45) is 3.64. The fraction of sp³-hybridized carbons (Fsp3) is 0.462. The first-order valence-corrected chi connectivity index (χ1v) is 7.67. The van der Waals surface area contributed by atoms with Gasteiger partial charge in [0, 0.05) is 43.7 Å². The van der Waals surface area contributed by atoms with Crippen LogP contribution in [0.2, 0.25) is 19.6 Å². The van der Waals surface area contributed by atoms with Crippen LogP contribution in [0.25, 0.3) is 0 Å². The Bertz CT molecular complexity index is 208.